The highest BCUT2D eigenvalue weighted by molar-refractivity contribution is 9.10. The molecule has 1 amide bonds. The van der Waals surface area contributed by atoms with Crippen molar-refractivity contribution in [3.8, 4) is 0 Å². The first kappa shape index (κ1) is 18.2. The second kappa shape index (κ2) is 7.31. The fourth-order valence-corrected chi connectivity index (χ4v) is 3.99. The molecule has 0 heterocycles. The quantitative estimate of drug-likeness (QED) is 0.609. The Labute approximate surface area is 159 Å². The van der Waals surface area contributed by atoms with E-state index in [2.05, 4.69) is 21.2 Å². The van der Waals surface area contributed by atoms with Crippen molar-refractivity contribution in [2.75, 3.05) is 11.1 Å². The van der Waals surface area contributed by atoms with Crippen LogP contribution in [0, 0.1) is 0 Å². The van der Waals surface area contributed by atoms with Crippen molar-refractivity contribution < 1.29 is 13.2 Å². The third kappa shape index (κ3) is 3.95. The summed E-state index contributed by atoms with van der Waals surface area (Å²) in [5, 5.41) is 2.74. The molecule has 0 atom stereocenters. The fourth-order valence-electron chi connectivity index (χ4n) is 2.33. The van der Waals surface area contributed by atoms with Gasteiger partial charge in [-0.25, -0.2) is 8.42 Å². The van der Waals surface area contributed by atoms with Gasteiger partial charge in [0.25, 0.3) is 5.91 Å². The van der Waals surface area contributed by atoms with E-state index in [-0.39, 0.29) is 15.7 Å². The van der Waals surface area contributed by atoms with Crippen LogP contribution in [-0.4, -0.2) is 14.3 Å². The zero-order chi connectivity index (χ0) is 18.7. The van der Waals surface area contributed by atoms with Crippen molar-refractivity contribution in [1.82, 2.24) is 0 Å². The number of benzene rings is 3. The molecule has 0 aliphatic rings. The molecule has 0 saturated heterocycles. The predicted molar refractivity (Wildman–Crippen MR) is 105 cm³/mol. The summed E-state index contributed by atoms with van der Waals surface area (Å²) in [4.78, 5) is 12.5. The van der Waals surface area contributed by atoms with Crippen molar-refractivity contribution in [2.45, 2.75) is 9.79 Å². The van der Waals surface area contributed by atoms with Crippen molar-refractivity contribution in [3.63, 3.8) is 0 Å². The second-order valence-corrected chi connectivity index (χ2v) is 8.43. The molecule has 0 aliphatic heterocycles. The minimum Gasteiger partial charge on any atom is -0.399 e. The van der Waals surface area contributed by atoms with E-state index in [0.29, 0.717) is 16.9 Å². The van der Waals surface area contributed by atoms with E-state index in [1.54, 1.807) is 42.5 Å². The van der Waals surface area contributed by atoms with Crippen molar-refractivity contribution in [2.24, 2.45) is 0 Å². The van der Waals surface area contributed by atoms with Crippen LogP contribution in [0.4, 0.5) is 11.4 Å². The van der Waals surface area contributed by atoms with Gasteiger partial charge in [0.15, 0.2) is 0 Å². The Kier molecular flexibility index (Phi) is 5.11. The van der Waals surface area contributed by atoms with Gasteiger partial charge >= 0.3 is 0 Å². The standard InChI is InChI=1S/C19H15BrN2O3S/c20-14-3-1-2-13(12-14)19(23)22-16-6-10-18(11-7-16)26(24,25)17-8-4-15(21)5-9-17/h1-12H,21H2,(H,22,23). The third-order valence-electron chi connectivity index (χ3n) is 3.70. The molecule has 0 fully saturated rings. The minimum absolute atomic E-state index is 0.141. The van der Waals surface area contributed by atoms with Crippen LogP contribution in [0.5, 0.6) is 0 Å². The van der Waals surface area contributed by atoms with E-state index in [1.165, 1.54) is 24.3 Å². The van der Waals surface area contributed by atoms with E-state index in [0.717, 1.165) is 4.47 Å². The minimum atomic E-state index is -3.63. The monoisotopic (exact) mass is 430 g/mol. The molecule has 0 unspecified atom stereocenters. The molecule has 3 aromatic rings. The third-order valence-corrected chi connectivity index (χ3v) is 5.98. The van der Waals surface area contributed by atoms with Gasteiger partial charge in [-0.2, -0.15) is 0 Å². The van der Waals surface area contributed by atoms with Gasteiger partial charge in [0.1, 0.15) is 0 Å². The number of halogens is 1. The molecule has 0 radical (unpaired) electrons. The second-order valence-electron chi connectivity index (χ2n) is 5.56. The van der Waals surface area contributed by atoms with Crippen molar-refractivity contribution in [3.05, 3.63) is 82.8 Å². The molecule has 0 bridgehead atoms. The summed E-state index contributed by atoms with van der Waals surface area (Å²) in [6, 6.07) is 19.0. The topological polar surface area (TPSA) is 89.3 Å². The van der Waals surface area contributed by atoms with E-state index in [1.807, 2.05) is 6.07 Å². The molecular formula is C19H15BrN2O3S. The van der Waals surface area contributed by atoms with Crippen LogP contribution in [0.3, 0.4) is 0 Å². The summed E-state index contributed by atoms with van der Waals surface area (Å²) in [6.45, 7) is 0. The maximum atomic E-state index is 12.6. The number of amides is 1. The number of nitrogens with two attached hydrogens (primary N) is 1. The first-order valence-electron chi connectivity index (χ1n) is 7.64. The normalized spacial score (nSPS) is 11.1. The molecule has 7 heteroatoms. The smallest absolute Gasteiger partial charge is 0.255 e. The van der Waals surface area contributed by atoms with E-state index in [4.69, 9.17) is 5.73 Å². The first-order chi connectivity index (χ1) is 12.4. The number of hydrogen-bond acceptors (Lipinski definition) is 4. The summed E-state index contributed by atoms with van der Waals surface area (Å²) >= 11 is 3.32. The maximum absolute atomic E-state index is 12.6. The Morgan fingerprint density at radius 2 is 1.46 bits per heavy atom. The Bertz CT molecular complexity index is 1050. The van der Waals surface area contributed by atoms with E-state index >= 15 is 0 Å². The van der Waals surface area contributed by atoms with Crippen LogP contribution >= 0.6 is 15.9 Å². The number of carbonyl (C=O) groups is 1. The average molecular weight is 431 g/mol. The van der Waals surface area contributed by atoms with Crippen LogP contribution in [0.25, 0.3) is 0 Å². The van der Waals surface area contributed by atoms with Crippen molar-refractivity contribution in [1.29, 1.82) is 0 Å². The van der Waals surface area contributed by atoms with Crippen molar-refractivity contribution >= 4 is 43.0 Å². The van der Waals surface area contributed by atoms with Crippen LogP contribution in [0.1, 0.15) is 10.4 Å². The number of nitrogens with one attached hydrogen (secondary N) is 1. The van der Waals surface area contributed by atoms with Gasteiger partial charge in [-0.1, -0.05) is 22.0 Å². The lowest BCUT2D eigenvalue weighted by Gasteiger charge is -2.08. The van der Waals surface area contributed by atoms with Gasteiger partial charge in [0.05, 0.1) is 9.79 Å². The summed E-state index contributed by atoms with van der Waals surface area (Å²) in [5.74, 6) is -0.277. The fraction of sp³-hybridized carbons (Fsp3) is 0. The molecular weight excluding hydrogens is 416 g/mol. The number of anilines is 2. The SMILES string of the molecule is Nc1ccc(S(=O)(=O)c2ccc(NC(=O)c3cccc(Br)c3)cc2)cc1. The van der Waals surface area contributed by atoms with Gasteiger partial charge in [-0.15, -0.1) is 0 Å². The van der Waals surface area contributed by atoms with E-state index < -0.39 is 9.84 Å². The van der Waals surface area contributed by atoms with Crippen LogP contribution in [0.2, 0.25) is 0 Å². The van der Waals surface area contributed by atoms with Crippen LogP contribution in [0.15, 0.2) is 87.1 Å². The maximum Gasteiger partial charge on any atom is 0.255 e. The van der Waals surface area contributed by atoms with Crippen LogP contribution < -0.4 is 11.1 Å². The number of hydrogen-bond donors (Lipinski definition) is 2. The summed E-state index contributed by atoms with van der Waals surface area (Å²) in [6.07, 6.45) is 0. The average Bonchev–Trinajstić information content (AvgIpc) is 2.62. The Morgan fingerprint density at radius 3 is 2.04 bits per heavy atom. The molecule has 3 aromatic carbocycles. The molecule has 0 spiro atoms. The highest BCUT2D eigenvalue weighted by atomic mass is 79.9. The summed E-state index contributed by atoms with van der Waals surface area (Å²) in [5.41, 5.74) is 7.09. The van der Waals surface area contributed by atoms with E-state index in [9.17, 15) is 13.2 Å². The lowest BCUT2D eigenvalue weighted by molar-refractivity contribution is 0.102. The van der Waals surface area contributed by atoms with Gasteiger partial charge in [-0.3, -0.25) is 4.79 Å². The number of carbonyl (C=O) groups excluding carboxylic acids is 1. The Balaban J connectivity index is 1.80. The van der Waals surface area contributed by atoms with Gasteiger partial charge in [0, 0.05) is 21.4 Å². The predicted octanol–water partition coefficient (Wildman–Crippen LogP) is 4.12. The molecule has 3 N–H and O–H groups in total. The van der Waals surface area contributed by atoms with Crippen LogP contribution in [-0.2, 0) is 9.84 Å². The Morgan fingerprint density at radius 1 is 0.885 bits per heavy atom. The molecule has 3 rings (SSSR count). The highest BCUT2D eigenvalue weighted by Gasteiger charge is 2.17. The zero-order valence-electron chi connectivity index (χ0n) is 13.5. The highest BCUT2D eigenvalue weighted by Crippen LogP contribution is 2.23. The number of sulfone groups is 1. The number of nitrogen functional groups attached to an aromatic ring is 1. The van der Waals surface area contributed by atoms with Gasteiger partial charge < -0.3 is 11.1 Å². The molecule has 5 nitrogen and oxygen atoms in total. The van der Waals surface area contributed by atoms with Gasteiger partial charge in [-0.05, 0) is 66.7 Å². The largest absolute Gasteiger partial charge is 0.399 e. The molecule has 26 heavy (non-hydrogen) atoms. The molecule has 0 aromatic heterocycles. The lowest BCUT2D eigenvalue weighted by atomic mass is 10.2. The Hall–Kier alpha value is -2.64. The van der Waals surface area contributed by atoms with Gasteiger partial charge in [0.2, 0.25) is 9.84 Å². The molecule has 0 saturated carbocycles. The molecule has 0 aliphatic carbocycles. The molecule has 132 valence electrons. The number of rotatable bonds is 4. The lowest BCUT2D eigenvalue weighted by Crippen LogP contribution is -2.12. The summed E-state index contributed by atoms with van der Waals surface area (Å²) < 4.78 is 26.0. The zero-order valence-corrected chi connectivity index (χ0v) is 15.9. The first-order valence-corrected chi connectivity index (χ1v) is 9.91. The summed E-state index contributed by atoms with van der Waals surface area (Å²) in [7, 11) is -3.63.